The van der Waals surface area contributed by atoms with Gasteiger partial charge in [-0.05, 0) is 25.2 Å². The van der Waals surface area contributed by atoms with Gasteiger partial charge in [-0.3, -0.25) is 4.90 Å². The third kappa shape index (κ3) is 0.864. The van der Waals surface area contributed by atoms with Gasteiger partial charge in [0.15, 0.2) is 0 Å². The normalized spacial score (nSPS) is 49.7. The zero-order valence-corrected chi connectivity index (χ0v) is 5.58. The lowest BCUT2D eigenvalue weighted by molar-refractivity contribution is -0.00765. The smallest absolute Gasteiger partial charge is 0.107 e. The fourth-order valence-corrected chi connectivity index (χ4v) is 1.94. The fourth-order valence-electron chi connectivity index (χ4n) is 1.94. The van der Waals surface area contributed by atoms with Gasteiger partial charge in [-0.2, -0.15) is 0 Å². The molecule has 2 rings (SSSR count). The van der Waals surface area contributed by atoms with Crippen LogP contribution >= 0.6 is 0 Å². The van der Waals surface area contributed by atoms with Crippen LogP contribution < -0.4 is 0 Å². The SMILES string of the molecule is OC1CCC2CCN1C2. The van der Waals surface area contributed by atoms with E-state index < -0.39 is 0 Å². The zero-order valence-electron chi connectivity index (χ0n) is 5.58. The third-order valence-corrected chi connectivity index (χ3v) is 2.57. The molecular formula is C7H13NO. The van der Waals surface area contributed by atoms with Crippen LogP contribution in [-0.2, 0) is 0 Å². The summed E-state index contributed by atoms with van der Waals surface area (Å²) in [5.41, 5.74) is 0. The van der Waals surface area contributed by atoms with Gasteiger partial charge in [-0.25, -0.2) is 0 Å². The molecule has 2 bridgehead atoms. The maximum atomic E-state index is 9.32. The minimum Gasteiger partial charge on any atom is -0.378 e. The number of hydrogen-bond donors (Lipinski definition) is 1. The van der Waals surface area contributed by atoms with E-state index in [2.05, 4.69) is 4.90 Å². The third-order valence-electron chi connectivity index (χ3n) is 2.57. The van der Waals surface area contributed by atoms with Crippen molar-refractivity contribution in [2.45, 2.75) is 25.5 Å². The summed E-state index contributed by atoms with van der Waals surface area (Å²) >= 11 is 0. The molecule has 52 valence electrons. The summed E-state index contributed by atoms with van der Waals surface area (Å²) in [6, 6.07) is 0. The van der Waals surface area contributed by atoms with Crippen LogP contribution in [0.25, 0.3) is 0 Å². The first-order chi connectivity index (χ1) is 4.36. The monoisotopic (exact) mass is 127 g/mol. The molecule has 0 aromatic carbocycles. The molecule has 0 aromatic rings. The van der Waals surface area contributed by atoms with Crippen LogP contribution in [0.15, 0.2) is 0 Å². The molecule has 2 aliphatic heterocycles. The number of hydrogen-bond acceptors (Lipinski definition) is 2. The van der Waals surface area contributed by atoms with Crippen LogP contribution in [-0.4, -0.2) is 29.3 Å². The highest BCUT2D eigenvalue weighted by atomic mass is 16.3. The maximum Gasteiger partial charge on any atom is 0.107 e. The number of nitrogens with zero attached hydrogens (tertiary/aromatic N) is 1. The van der Waals surface area contributed by atoms with Crippen molar-refractivity contribution in [3.63, 3.8) is 0 Å². The topological polar surface area (TPSA) is 23.5 Å². The summed E-state index contributed by atoms with van der Waals surface area (Å²) in [6.45, 7) is 2.28. The van der Waals surface area contributed by atoms with E-state index in [9.17, 15) is 5.11 Å². The molecule has 0 saturated carbocycles. The molecule has 0 radical (unpaired) electrons. The number of piperidine rings is 1. The molecular weight excluding hydrogens is 114 g/mol. The van der Waals surface area contributed by atoms with Crippen LogP contribution in [0.3, 0.4) is 0 Å². The Morgan fingerprint density at radius 1 is 1.22 bits per heavy atom. The van der Waals surface area contributed by atoms with E-state index in [1.165, 1.54) is 12.8 Å². The van der Waals surface area contributed by atoms with Crippen LogP contribution in [0.5, 0.6) is 0 Å². The van der Waals surface area contributed by atoms with Crippen molar-refractivity contribution in [1.29, 1.82) is 0 Å². The van der Waals surface area contributed by atoms with Gasteiger partial charge in [0, 0.05) is 13.1 Å². The summed E-state index contributed by atoms with van der Waals surface area (Å²) in [6.07, 6.45) is 3.46. The molecule has 3 unspecified atom stereocenters. The molecule has 3 atom stereocenters. The lowest BCUT2D eigenvalue weighted by Gasteiger charge is -2.27. The Labute approximate surface area is 55.5 Å². The van der Waals surface area contributed by atoms with Gasteiger partial charge in [0.2, 0.25) is 0 Å². The van der Waals surface area contributed by atoms with Crippen LogP contribution in [0.2, 0.25) is 0 Å². The van der Waals surface area contributed by atoms with E-state index in [1.54, 1.807) is 0 Å². The maximum absolute atomic E-state index is 9.32. The molecule has 0 amide bonds. The highest BCUT2D eigenvalue weighted by molar-refractivity contribution is 4.82. The van der Waals surface area contributed by atoms with E-state index >= 15 is 0 Å². The van der Waals surface area contributed by atoms with E-state index in [0.717, 1.165) is 25.4 Å². The summed E-state index contributed by atoms with van der Waals surface area (Å²) in [5, 5.41) is 9.32. The van der Waals surface area contributed by atoms with Crippen molar-refractivity contribution in [3.05, 3.63) is 0 Å². The molecule has 0 aliphatic carbocycles. The van der Waals surface area contributed by atoms with Gasteiger partial charge < -0.3 is 5.11 Å². The van der Waals surface area contributed by atoms with Crippen molar-refractivity contribution in [2.75, 3.05) is 13.1 Å². The summed E-state index contributed by atoms with van der Waals surface area (Å²) in [5.74, 6) is 0.911. The Morgan fingerprint density at radius 3 is 2.89 bits per heavy atom. The first kappa shape index (κ1) is 5.69. The predicted octanol–water partition coefficient (Wildman–Crippen LogP) is 0.421. The van der Waals surface area contributed by atoms with E-state index in [4.69, 9.17) is 0 Å². The van der Waals surface area contributed by atoms with E-state index in [0.29, 0.717) is 0 Å². The van der Waals surface area contributed by atoms with Gasteiger partial charge in [0.25, 0.3) is 0 Å². The molecule has 0 aromatic heterocycles. The van der Waals surface area contributed by atoms with Crippen LogP contribution in [0.1, 0.15) is 19.3 Å². The molecule has 2 heteroatoms. The minimum absolute atomic E-state index is 0.108. The highest BCUT2D eigenvalue weighted by Crippen LogP contribution is 2.29. The second-order valence-corrected chi connectivity index (χ2v) is 3.21. The van der Waals surface area contributed by atoms with Gasteiger partial charge >= 0.3 is 0 Å². The van der Waals surface area contributed by atoms with Gasteiger partial charge in [-0.15, -0.1) is 0 Å². The lowest BCUT2D eigenvalue weighted by Crippen LogP contribution is -2.36. The second kappa shape index (κ2) is 1.96. The van der Waals surface area contributed by atoms with Crippen molar-refractivity contribution < 1.29 is 5.11 Å². The standard InChI is InChI=1S/C7H13NO/c9-7-2-1-6-3-4-8(7)5-6/h6-7,9H,1-5H2. The molecule has 2 saturated heterocycles. The summed E-state index contributed by atoms with van der Waals surface area (Å²) < 4.78 is 0. The van der Waals surface area contributed by atoms with Crippen molar-refractivity contribution in [3.8, 4) is 0 Å². The molecule has 0 spiro atoms. The Kier molecular flexibility index (Phi) is 1.24. The Morgan fingerprint density at radius 2 is 2.11 bits per heavy atom. The van der Waals surface area contributed by atoms with Crippen molar-refractivity contribution >= 4 is 0 Å². The second-order valence-electron chi connectivity index (χ2n) is 3.21. The van der Waals surface area contributed by atoms with E-state index in [-0.39, 0.29) is 6.23 Å². The number of rotatable bonds is 0. The average Bonchev–Trinajstić information content (AvgIpc) is 2.25. The lowest BCUT2D eigenvalue weighted by atomic mass is 10.0. The Bertz CT molecular complexity index is 115. The molecule has 2 nitrogen and oxygen atoms in total. The average molecular weight is 127 g/mol. The van der Waals surface area contributed by atoms with Gasteiger partial charge in [0.05, 0.1) is 0 Å². The van der Waals surface area contributed by atoms with Gasteiger partial charge in [0.1, 0.15) is 6.23 Å². The number of aliphatic hydroxyl groups excluding tert-OH is 1. The quantitative estimate of drug-likeness (QED) is 0.510. The van der Waals surface area contributed by atoms with E-state index in [1.807, 2.05) is 0 Å². The fraction of sp³-hybridized carbons (Fsp3) is 1.00. The predicted molar refractivity (Wildman–Crippen MR) is 34.9 cm³/mol. The molecule has 2 aliphatic rings. The molecule has 2 fully saturated rings. The molecule has 2 heterocycles. The Balaban J connectivity index is 2.05. The van der Waals surface area contributed by atoms with Crippen molar-refractivity contribution in [2.24, 2.45) is 5.92 Å². The number of fused-ring (bicyclic) bond motifs is 2. The zero-order chi connectivity index (χ0) is 6.27. The summed E-state index contributed by atoms with van der Waals surface area (Å²) in [7, 11) is 0. The van der Waals surface area contributed by atoms with Crippen molar-refractivity contribution in [1.82, 2.24) is 4.90 Å². The minimum atomic E-state index is -0.108. The molecule has 1 N–H and O–H groups in total. The highest BCUT2D eigenvalue weighted by Gasteiger charge is 2.31. The van der Waals surface area contributed by atoms with Crippen LogP contribution in [0, 0.1) is 5.92 Å². The first-order valence-corrected chi connectivity index (χ1v) is 3.78. The van der Waals surface area contributed by atoms with Crippen LogP contribution in [0.4, 0.5) is 0 Å². The number of aliphatic hydroxyl groups is 1. The summed E-state index contributed by atoms with van der Waals surface area (Å²) in [4.78, 5) is 2.19. The largest absolute Gasteiger partial charge is 0.378 e. The van der Waals surface area contributed by atoms with Gasteiger partial charge in [-0.1, -0.05) is 0 Å². The Hall–Kier alpha value is -0.0800. The molecule has 9 heavy (non-hydrogen) atoms. The first-order valence-electron chi connectivity index (χ1n) is 3.78.